The molecular weight excluding hydrogens is 431 g/mol. The lowest BCUT2D eigenvalue weighted by Crippen LogP contribution is -2.31. The highest BCUT2D eigenvalue weighted by Gasteiger charge is 2.18. The van der Waals surface area contributed by atoms with Crippen LogP contribution in [0.25, 0.3) is 0 Å². The Kier molecular flexibility index (Phi) is 7.57. The van der Waals surface area contributed by atoms with Gasteiger partial charge in [-0.2, -0.15) is 0 Å². The molecule has 1 aromatic heterocycles. The number of urea groups is 1. The van der Waals surface area contributed by atoms with Crippen molar-refractivity contribution in [1.29, 1.82) is 0 Å². The third-order valence-corrected chi connectivity index (χ3v) is 6.54. The van der Waals surface area contributed by atoms with Gasteiger partial charge in [-0.3, -0.25) is 4.90 Å². The molecular formula is C16H18Cl2N4O3S2. The van der Waals surface area contributed by atoms with Crippen LogP contribution in [-0.4, -0.2) is 48.5 Å². The van der Waals surface area contributed by atoms with Crippen molar-refractivity contribution in [3.05, 3.63) is 28.2 Å². The number of hydrogen-bond donors (Lipinski definition) is 1. The lowest BCUT2D eigenvalue weighted by molar-refractivity contribution is -0.178. The molecule has 1 saturated heterocycles. The van der Waals surface area contributed by atoms with E-state index in [4.69, 9.17) is 32.7 Å². The van der Waals surface area contributed by atoms with Crippen LogP contribution in [0.3, 0.4) is 0 Å². The highest BCUT2D eigenvalue weighted by molar-refractivity contribution is 8.01. The van der Waals surface area contributed by atoms with Gasteiger partial charge in [0.25, 0.3) is 0 Å². The Hall–Kier alpha value is -1.10. The van der Waals surface area contributed by atoms with Crippen LogP contribution in [0.15, 0.2) is 22.5 Å². The summed E-state index contributed by atoms with van der Waals surface area (Å²) in [5.41, 5.74) is 0.549. The average Bonchev–Trinajstić information content (AvgIpc) is 3.14. The van der Waals surface area contributed by atoms with E-state index in [1.54, 1.807) is 37.0 Å². The van der Waals surface area contributed by atoms with Crippen molar-refractivity contribution in [3.63, 3.8) is 0 Å². The molecule has 146 valence electrons. The number of anilines is 2. The Bertz CT molecular complexity index is 787. The molecule has 1 aromatic carbocycles. The van der Waals surface area contributed by atoms with Gasteiger partial charge in [0.05, 0.1) is 23.3 Å². The number of benzene rings is 1. The minimum absolute atomic E-state index is 0.140. The van der Waals surface area contributed by atoms with Crippen molar-refractivity contribution in [3.8, 4) is 0 Å². The van der Waals surface area contributed by atoms with Gasteiger partial charge in [0.15, 0.2) is 10.6 Å². The first-order chi connectivity index (χ1) is 13.0. The normalized spacial score (nSPS) is 14.9. The maximum Gasteiger partial charge on any atom is 0.327 e. The van der Waals surface area contributed by atoms with Crippen LogP contribution in [0.5, 0.6) is 0 Å². The number of halogens is 2. The molecule has 0 bridgehead atoms. The molecule has 0 atom stereocenters. The van der Waals surface area contributed by atoms with Gasteiger partial charge in [-0.15, -0.1) is 10.2 Å². The quantitative estimate of drug-likeness (QED) is 0.506. The third-order valence-electron chi connectivity index (χ3n) is 3.63. The molecule has 2 heterocycles. The number of amides is 2. The fourth-order valence-electron chi connectivity index (χ4n) is 2.21. The molecule has 7 nitrogen and oxygen atoms in total. The highest BCUT2D eigenvalue weighted by atomic mass is 35.5. The molecule has 0 aliphatic carbocycles. The van der Waals surface area contributed by atoms with Crippen LogP contribution in [0.2, 0.25) is 10.0 Å². The van der Waals surface area contributed by atoms with Gasteiger partial charge >= 0.3 is 6.03 Å². The molecule has 3 rings (SSSR count). The van der Waals surface area contributed by atoms with E-state index in [0.717, 1.165) is 36.1 Å². The zero-order valence-electron chi connectivity index (χ0n) is 14.5. The smallest absolute Gasteiger partial charge is 0.327 e. The second kappa shape index (κ2) is 9.90. The summed E-state index contributed by atoms with van der Waals surface area (Å²) in [7, 11) is 1.63. The van der Waals surface area contributed by atoms with Crippen LogP contribution >= 0.6 is 46.3 Å². The zero-order chi connectivity index (χ0) is 19.2. The first kappa shape index (κ1) is 20.6. The minimum atomic E-state index is -0.343. The van der Waals surface area contributed by atoms with E-state index in [0.29, 0.717) is 20.9 Å². The number of carbonyl (C=O) groups excluding carboxylic acids is 1. The summed E-state index contributed by atoms with van der Waals surface area (Å²) in [4.78, 5) is 13.8. The molecule has 1 aliphatic heterocycles. The second-order valence-electron chi connectivity index (χ2n) is 5.63. The summed E-state index contributed by atoms with van der Waals surface area (Å²) < 4.78 is 11.8. The van der Waals surface area contributed by atoms with Crippen molar-refractivity contribution in [2.75, 3.05) is 36.2 Å². The van der Waals surface area contributed by atoms with Gasteiger partial charge in [0.2, 0.25) is 5.13 Å². The molecule has 1 N–H and O–H groups in total. The van der Waals surface area contributed by atoms with E-state index >= 15 is 0 Å². The van der Waals surface area contributed by atoms with Gasteiger partial charge < -0.3 is 14.8 Å². The molecule has 0 radical (unpaired) electrons. The summed E-state index contributed by atoms with van der Waals surface area (Å²) in [6.07, 6.45) is 1.59. The standard InChI is InChI=1S/C16H18Cl2N4O3S2/c1-22(14(23)19-10-3-4-11(17)12(18)9-10)15-20-21-16(27-15)26-8-5-13-24-6-2-7-25-13/h3-4,9,13H,2,5-8H2,1H3,(H,19,23). The minimum Gasteiger partial charge on any atom is -0.353 e. The van der Waals surface area contributed by atoms with Crippen molar-refractivity contribution < 1.29 is 14.3 Å². The van der Waals surface area contributed by atoms with E-state index in [2.05, 4.69) is 15.5 Å². The predicted molar refractivity (Wildman–Crippen MR) is 109 cm³/mol. The Morgan fingerprint density at radius 3 is 2.85 bits per heavy atom. The Morgan fingerprint density at radius 2 is 2.11 bits per heavy atom. The summed E-state index contributed by atoms with van der Waals surface area (Å²) in [5.74, 6) is 0.804. The molecule has 27 heavy (non-hydrogen) atoms. The predicted octanol–water partition coefficient (Wildman–Crippen LogP) is 4.76. The Morgan fingerprint density at radius 1 is 1.33 bits per heavy atom. The molecule has 1 fully saturated rings. The number of nitrogens with zero attached hydrogens (tertiary/aromatic N) is 3. The van der Waals surface area contributed by atoms with Crippen molar-refractivity contribution in [1.82, 2.24) is 10.2 Å². The first-order valence-electron chi connectivity index (χ1n) is 8.22. The molecule has 2 aromatic rings. The molecule has 0 spiro atoms. The Balaban J connectivity index is 1.50. The topological polar surface area (TPSA) is 76.6 Å². The highest BCUT2D eigenvalue weighted by Crippen LogP contribution is 2.29. The lowest BCUT2D eigenvalue weighted by atomic mass is 10.3. The first-order valence-corrected chi connectivity index (χ1v) is 10.8. The monoisotopic (exact) mass is 448 g/mol. The van der Waals surface area contributed by atoms with E-state index in [1.807, 2.05) is 0 Å². The van der Waals surface area contributed by atoms with E-state index in [9.17, 15) is 4.79 Å². The fourth-order valence-corrected chi connectivity index (χ4v) is 4.34. The summed E-state index contributed by atoms with van der Waals surface area (Å²) in [6.45, 7) is 1.49. The lowest BCUT2D eigenvalue weighted by Gasteiger charge is -2.22. The van der Waals surface area contributed by atoms with Crippen LogP contribution in [-0.2, 0) is 9.47 Å². The molecule has 11 heteroatoms. The summed E-state index contributed by atoms with van der Waals surface area (Å²) in [6, 6.07) is 4.55. The van der Waals surface area contributed by atoms with E-state index in [-0.39, 0.29) is 12.3 Å². The zero-order valence-corrected chi connectivity index (χ0v) is 17.6. The number of ether oxygens (including phenoxy) is 2. The maximum absolute atomic E-state index is 12.4. The molecule has 1 aliphatic rings. The number of thioether (sulfide) groups is 1. The van der Waals surface area contributed by atoms with Crippen molar-refractivity contribution in [2.45, 2.75) is 23.5 Å². The van der Waals surface area contributed by atoms with Crippen LogP contribution in [0, 0.1) is 0 Å². The van der Waals surface area contributed by atoms with Gasteiger partial charge in [-0.05, 0) is 24.6 Å². The van der Waals surface area contributed by atoms with Gasteiger partial charge in [-0.25, -0.2) is 4.79 Å². The fraction of sp³-hybridized carbons (Fsp3) is 0.438. The number of nitrogens with one attached hydrogen (secondary N) is 1. The Labute approximate surface area is 175 Å². The van der Waals surface area contributed by atoms with Crippen molar-refractivity contribution >= 4 is 63.2 Å². The second-order valence-corrected chi connectivity index (χ2v) is 8.74. The molecule has 0 saturated carbocycles. The number of carbonyl (C=O) groups is 1. The molecule has 2 amide bonds. The largest absolute Gasteiger partial charge is 0.353 e. The van der Waals surface area contributed by atoms with Crippen molar-refractivity contribution in [2.24, 2.45) is 0 Å². The summed E-state index contributed by atoms with van der Waals surface area (Å²) >= 11 is 14.8. The van der Waals surface area contributed by atoms with Gasteiger partial charge in [0.1, 0.15) is 0 Å². The van der Waals surface area contributed by atoms with E-state index < -0.39 is 0 Å². The summed E-state index contributed by atoms with van der Waals surface area (Å²) in [5, 5.41) is 12.3. The number of hydrogen-bond acceptors (Lipinski definition) is 7. The van der Waals surface area contributed by atoms with Crippen LogP contribution in [0.1, 0.15) is 12.8 Å². The van der Waals surface area contributed by atoms with Crippen LogP contribution < -0.4 is 10.2 Å². The SMILES string of the molecule is CN(C(=O)Nc1ccc(Cl)c(Cl)c1)c1nnc(SCCC2OCCCO2)s1. The maximum atomic E-state index is 12.4. The molecule has 0 unspecified atom stereocenters. The third kappa shape index (κ3) is 5.94. The van der Waals surface area contributed by atoms with Crippen LogP contribution in [0.4, 0.5) is 15.6 Å². The number of rotatable bonds is 6. The number of aromatic nitrogens is 2. The van der Waals surface area contributed by atoms with Gasteiger partial charge in [-0.1, -0.05) is 46.3 Å². The van der Waals surface area contributed by atoms with E-state index in [1.165, 1.54) is 16.2 Å². The average molecular weight is 449 g/mol. The van der Waals surface area contributed by atoms with Gasteiger partial charge in [0, 0.05) is 24.9 Å².